The van der Waals surface area contributed by atoms with E-state index in [1.807, 2.05) is 0 Å². The summed E-state index contributed by atoms with van der Waals surface area (Å²) in [4.78, 5) is 0.369. The Morgan fingerprint density at radius 1 is 1.27 bits per heavy atom. The number of nitrogens with zero attached hydrogens (tertiary/aromatic N) is 1. The lowest BCUT2D eigenvalue weighted by Crippen LogP contribution is -2.27. The van der Waals surface area contributed by atoms with Crippen molar-refractivity contribution in [3.63, 3.8) is 0 Å². The average Bonchev–Trinajstić information content (AvgIpc) is 2.71. The molecule has 0 aliphatic carbocycles. The number of sulfonamides is 1. The number of thioether (sulfide) groups is 1. The Labute approximate surface area is 102 Å². The predicted octanol–water partition coefficient (Wildman–Crippen LogP) is 2.14. The van der Waals surface area contributed by atoms with Crippen LogP contribution in [0.25, 0.3) is 0 Å². The van der Waals surface area contributed by atoms with Gasteiger partial charge in [-0.15, -0.1) is 11.8 Å². The van der Waals surface area contributed by atoms with Crippen molar-refractivity contribution in [2.24, 2.45) is 0 Å². The van der Waals surface area contributed by atoms with Crippen LogP contribution < -0.4 is 0 Å². The van der Waals surface area contributed by atoms with Crippen LogP contribution in [0.5, 0.6) is 0 Å². The van der Waals surface area contributed by atoms with Gasteiger partial charge in [0.1, 0.15) is 0 Å². The Bertz CT molecular complexity index is 438. The van der Waals surface area contributed by atoms with Gasteiger partial charge in [-0.05, 0) is 24.3 Å². The SMILES string of the molecule is O=S(=O)(c1ccc(Br)cc1)N1CCSC1. The molecule has 0 atom stereocenters. The maximum atomic E-state index is 12.0. The summed E-state index contributed by atoms with van der Waals surface area (Å²) in [6.07, 6.45) is 0. The maximum Gasteiger partial charge on any atom is 0.243 e. The summed E-state index contributed by atoms with van der Waals surface area (Å²) < 4.78 is 26.5. The lowest BCUT2D eigenvalue weighted by Gasteiger charge is -2.14. The second kappa shape index (κ2) is 4.45. The molecule has 0 saturated carbocycles. The molecule has 0 N–H and O–H groups in total. The van der Waals surface area contributed by atoms with Gasteiger partial charge in [0.05, 0.1) is 10.8 Å². The first kappa shape index (κ1) is 11.4. The monoisotopic (exact) mass is 307 g/mol. The van der Waals surface area contributed by atoms with E-state index >= 15 is 0 Å². The van der Waals surface area contributed by atoms with Crippen molar-refractivity contribution in [1.82, 2.24) is 4.31 Å². The highest BCUT2D eigenvalue weighted by atomic mass is 79.9. The van der Waals surface area contributed by atoms with E-state index < -0.39 is 10.0 Å². The molecule has 1 saturated heterocycles. The standard InChI is InChI=1S/C9H10BrNO2S2/c10-8-1-3-9(4-2-8)15(12,13)11-5-6-14-7-11/h1-4H,5-7H2. The zero-order valence-corrected chi connectivity index (χ0v) is 11.1. The van der Waals surface area contributed by atoms with Crippen LogP contribution in [0.4, 0.5) is 0 Å². The molecule has 0 bridgehead atoms. The Morgan fingerprint density at radius 3 is 2.47 bits per heavy atom. The van der Waals surface area contributed by atoms with Gasteiger partial charge in [-0.2, -0.15) is 4.31 Å². The van der Waals surface area contributed by atoms with Gasteiger partial charge in [0.2, 0.25) is 10.0 Å². The first-order valence-electron chi connectivity index (χ1n) is 4.44. The molecule has 1 aliphatic heterocycles. The van der Waals surface area contributed by atoms with Crippen LogP contribution in [0.1, 0.15) is 0 Å². The number of hydrogen-bond donors (Lipinski definition) is 0. The molecule has 0 unspecified atom stereocenters. The van der Waals surface area contributed by atoms with Crippen molar-refractivity contribution in [1.29, 1.82) is 0 Å². The molecule has 15 heavy (non-hydrogen) atoms. The van der Waals surface area contributed by atoms with Crippen molar-refractivity contribution in [2.45, 2.75) is 4.90 Å². The molecule has 0 spiro atoms. The van der Waals surface area contributed by atoms with E-state index in [1.54, 1.807) is 36.0 Å². The molecule has 1 aliphatic rings. The fraction of sp³-hybridized carbons (Fsp3) is 0.333. The number of benzene rings is 1. The molecule has 1 heterocycles. The number of rotatable bonds is 2. The molecule has 0 amide bonds. The molecule has 1 aromatic rings. The normalized spacial score (nSPS) is 18.2. The molecule has 1 aromatic carbocycles. The Balaban J connectivity index is 2.32. The van der Waals surface area contributed by atoms with Crippen LogP contribution in [-0.2, 0) is 10.0 Å². The van der Waals surface area contributed by atoms with E-state index in [0.717, 1.165) is 10.2 Å². The fourth-order valence-corrected chi connectivity index (χ4v) is 4.42. The summed E-state index contributed by atoms with van der Waals surface area (Å²) in [5.74, 6) is 1.45. The Morgan fingerprint density at radius 2 is 1.93 bits per heavy atom. The zero-order chi connectivity index (χ0) is 10.9. The summed E-state index contributed by atoms with van der Waals surface area (Å²) >= 11 is 4.93. The molecule has 1 fully saturated rings. The van der Waals surface area contributed by atoms with Crippen LogP contribution >= 0.6 is 27.7 Å². The van der Waals surface area contributed by atoms with Crippen LogP contribution in [0.15, 0.2) is 33.6 Å². The average molecular weight is 308 g/mol. The molecule has 6 heteroatoms. The molecule has 3 nitrogen and oxygen atoms in total. The number of hydrogen-bond acceptors (Lipinski definition) is 3. The van der Waals surface area contributed by atoms with Crippen molar-refractivity contribution in [2.75, 3.05) is 18.2 Å². The highest BCUT2D eigenvalue weighted by Gasteiger charge is 2.27. The van der Waals surface area contributed by atoms with Crippen LogP contribution in [0.2, 0.25) is 0 Å². The lowest BCUT2D eigenvalue weighted by molar-refractivity contribution is 0.489. The van der Waals surface area contributed by atoms with E-state index in [2.05, 4.69) is 15.9 Å². The van der Waals surface area contributed by atoms with Crippen molar-refractivity contribution in [3.05, 3.63) is 28.7 Å². The predicted molar refractivity (Wildman–Crippen MR) is 65.4 cm³/mol. The second-order valence-corrected chi connectivity index (χ2v) is 7.10. The van der Waals surface area contributed by atoms with E-state index in [9.17, 15) is 8.42 Å². The van der Waals surface area contributed by atoms with Crippen molar-refractivity contribution in [3.8, 4) is 0 Å². The van der Waals surface area contributed by atoms with E-state index in [4.69, 9.17) is 0 Å². The Hall–Kier alpha value is -0.0400. The lowest BCUT2D eigenvalue weighted by atomic mass is 10.4. The van der Waals surface area contributed by atoms with E-state index in [0.29, 0.717) is 17.3 Å². The smallest absolute Gasteiger partial charge is 0.207 e. The van der Waals surface area contributed by atoms with Gasteiger partial charge in [0.15, 0.2) is 0 Å². The highest BCUT2D eigenvalue weighted by molar-refractivity contribution is 9.10. The third-order valence-electron chi connectivity index (χ3n) is 2.17. The minimum atomic E-state index is -3.26. The molecule has 0 radical (unpaired) electrons. The summed E-state index contributed by atoms with van der Waals surface area (Å²) in [6, 6.07) is 6.75. The van der Waals surface area contributed by atoms with Gasteiger partial charge in [0, 0.05) is 16.8 Å². The summed E-state index contributed by atoms with van der Waals surface area (Å²) in [6.45, 7) is 0.614. The maximum absolute atomic E-state index is 12.0. The summed E-state index contributed by atoms with van der Waals surface area (Å²) in [5, 5.41) is 0. The van der Waals surface area contributed by atoms with Crippen LogP contribution in [-0.4, -0.2) is 30.9 Å². The fourth-order valence-electron chi connectivity index (χ4n) is 1.34. The zero-order valence-electron chi connectivity index (χ0n) is 7.89. The van der Waals surface area contributed by atoms with Crippen LogP contribution in [0, 0.1) is 0 Å². The highest BCUT2D eigenvalue weighted by Crippen LogP contribution is 2.24. The van der Waals surface area contributed by atoms with Crippen molar-refractivity contribution >= 4 is 37.7 Å². The second-order valence-electron chi connectivity index (χ2n) is 3.17. The largest absolute Gasteiger partial charge is 0.243 e. The first-order chi connectivity index (χ1) is 7.10. The van der Waals surface area contributed by atoms with E-state index in [-0.39, 0.29) is 0 Å². The molecule has 2 rings (SSSR count). The Kier molecular flexibility index (Phi) is 3.39. The topological polar surface area (TPSA) is 37.4 Å². The van der Waals surface area contributed by atoms with E-state index in [1.165, 1.54) is 4.31 Å². The first-order valence-corrected chi connectivity index (χ1v) is 7.83. The molecular weight excluding hydrogens is 298 g/mol. The third kappa shape index (κ3) is 2.38. The van der Waals surface area contributed by atoms with Crippen LogP contribution in [0.3, 0.4) is 0 Å². The minimum absolute atomic E-state index is 0.369. The molecule has 0 aromatic heterocycles. The van der Waals surface area contributed by atoms with Gasteiger partial charge in [0.25, 0.3) is 0 Å². The number of halogens is 1. The quantitative estimate of drug-likeness (QED) is 0.840. The van der Waals surface area contributed by atoms with Gasteiger partial charge in [-0.3, -0.25) is 0 Å². The van der Waals surface area contributed by atoms with Gasteiger partial charge in [-0.25, -0.2) is 8.42 Å². The minimum Gasteiger partial charge on any atom is -0.207 e. The van der Waals surface area contributed by atoms with Gasteiger partial charge >= 0.3 is 0 Å². The third-order valence-corrected chi connectivity index (χ3v) is 5.69. The summed E-state index contributed by atoms with van der Waals surface area (Å²) in [5.41, 5.74) is 0. The van der Waals surface area contributed by atoms with Gasteiger partial charge < -0.3 is 0 Å². The molecular formula is C9H10BrNO2S2. The van der Waals surface area contributed by atoms with Gasteiger partial charge in [-0.1, -0.05) is 15.9 Å². The van der Waals surface area contributed by atoms with Crippen molar-refractivity contribution < 1.29 is 8.42 Å². The molecule has 82 valence electrons. The summed E-state index contributed by atoms with van der Waals surface area (Å²) in [7, 11) is -3.26.